The number of benzene rings is 6. The molecule has 0 aliphatic carbocycles. The molecule has 4 N–H and O–H groups in total. The topological polar surface area (TPSA) is 207 Å². The molecule has 0 saturated heterocycles. The lowest BCUT2D eigenvalue weighted by atomic mass is 10.1. The molecule has 16 heteroatoms. The van der Waals surface area contributed by atoms with Crippen LogP contribution in [0.3, 0.4) is 0 Å². The third-order valence-electron chi connectivity index (χ3n) is 9.33. The number of carbonyl (C=O) groups excluding carboxylic acids is 4. The zero-order valence-corrected chi connectivity index (χ0v) is 34.2. The van der Waals surface area contributed by atoms with Gasteiger partial charge in [0.25, 0.3) is 11.8 Å². The predicted molar refractivity (Wildman–Crippen MR) is 226 cm³/mol. The fourth-order valence-corrected chi connectivity index (χ4v) is 6.10. The summed E-state index contributed by atoms with van der Waals surface area (Å²) >= 11 is 0. The largest absolute Gasteiger partial charge is 0.504 e. The minimum absolute atomic E-state index is 0.0807. The van der Waals surface area contributed by atoms with Crippen molar-refractivity contribution in [2.75, 3.05) is 53.3 Å². The second-order valence-electron chi connectivity index (χ2n) is 13.0. The summed E-state index contributed by atoms with van der Waals surface area (Å²) in [5, 5.41) is 25.6. The standard InChI is InChI=1S/C46H40N2O14/c1-55-37-23-35(49)41(59-5)21-31(37)43(51)47-33-17-11-27(19-39(33)57-3)45(53)61-29-13-7-25(8-14-29)26-9-15-30(16-10-26)62-46(54)28-12-18-34(40(20-28)58-4)48-44(52)32-22-42(60-6)36(50)24-38(32)56-2/h7-24,49-50H,1-6H3,(H,47,51)(H,48,52). The van der Waals surface area contributed by atoms with Crippen LogP contribution < -0.4 is 48.5 Å². The van der Waals surface area contributed by atoms with E-state index in [1.165, 1.54) is 103 Å². The molecular weight excluding hydrogens is 805 g/mol. The lowest BCUT2D eigenvalue weighted by molar-refractivity contribution is 0.0725. The maximum absolute atomic E-state index is 13.1. The molecule has 0 radical (unpaired) electrons. The van der Waals surface area contributed by atoms with Gasteiger partial charge in [-0.25, -0.2) is 9.59 Å². The van der Waals surface area contributed by atoms with Crippen molar-refractivity contribution in [3.05, 3.63) is 131 Å². The minimum atomic E-state index is -0.669. The Labute approximate surface area is 355 Å². The lowest BCUT2D eigenvalue weighted by Gasteiger charge is -2.15. The number of hydrogen-bond donors (Lipinski definition) is 4. The maximum Gasteiger partial charge on any atom is 0.343 e. The van der Waals surface area contributed by atoms with Crippen molar-refractivity contribution in [1.29, 1.82) is 0 Å². The first-order valence-corrected chi connectivity index (χ1v) is 18.4. The average Bonchev–Trinajstić information content (AvgIpc) is 3.29. The second-order valence-corrected chi connectivity index (χ2v) is 13.0. The van der Waals surface area contributed by atoms with E-state index in [1.54, 1.807) is 48.5 Å². The molecule has 0 heterocycles. The van der Waals surface area contributed by atoms with E-state index in [0.717, 1.165) is 11.1 Å². The van der Waals surface area contributed by atoms with Crippen LogP contribution in [-0.4, -0.2) is 76.6 Å². The molecule has 2 amide bonds. The van der Waals surface area contributed by atoms with E-state index in [1.807, 2.05) is 0 Å². The normalized spacial score (nSPS) is 10.5. The molecule has 0 aliphatic heterocycles. The molecule has 0 fully saturated rings. The van der Waals surface area contributed by atoms with Crippen LogP contribution in [0, 0.1) is 0 Å². The molecule has 0 bridgehead atoms. The van der Waals surface area contributed by atoms with Gasteiger partial charge >= 0.3 is 11.9 Å². The number of nitrogens with one attached hydrogen (secondary N) is 2. The Morgan fingerprint density at radius 3 is 1.06 bits per heavy atom. The van der Waals surface area contributed by atoms with Crippen LogP contribution in [0.2, 0.25) is 0 Å². The van der Waals surface area contributed by atoms with Crippen molar-refractivity contribution < 1.29 is 67.3 Å². The summed E-state index contributed by atoms with van der Waals surface area (Å²) in [6.07, 6.45) is 0. The Morgan fingerprint density at radius 2 is 0.742 bits per heavy atom. The van der Waals surface area contributed by atoms with Crippen molar-refractivity contribution in [3.8, 4) is 68.6 Å². The highest BCUT2D eigenvalue weighted by atomic mass is 16.5. The predicted octanol–water partition coefficient (Wildman–Crippen LogP) is 7.76. The summed E-state index contributed by atoms with van der Waals surface area (Å²) in [5.41, 5.74) is 2.62. The molecular formula is C46H40N2O14. The molecule has 6 rings (SSSR count). The van der Waals surface area contributed by atoms with Gasteiger partial charge in [0.05, 0.1) is 76.3 Å². The summed E-state index contributed by atoms with van der Waals surface area (Å²) in [4.78, 5) is 52.5. The highest BCUT2D eigenvalue weighted by Crippen LogP contribution is 2.37. The molecule has 318 valence electrons. The van der Waals surface area contributed by atoms with E-state index < -0.39 is 23.8 Å². The third-order valence-corrected chi connectivity index (χ3v) is 9.33. The van der Waals surface area contributed by atoms with Crippen LogP contribution in [0.25, 0.3) is 11.1 Å². The van der Waals surface area contributed by atoms with E-state index in [-0.39, 0.29) is 91.1 Å². The molecule has 0 aromatic heterocycles. The summed E-state index contributed by atoms with van der Waals surface area (Å²) in [5.74, 6) is -1.55. The van der Waals surface area contributed by atoms with Crippen molar-refractivity contribution in [2.24, 2.45) is 0 Å². The maximum atomic E-state index is 13.1. The van der Waals surface area contributed by atoms with Crippen molar-refractivity contribution >= 4 is 35.1 Å². The minimum Gasteiger partial charge on any atom is -0.504 e. The molecule has 62 heavy (non-hydrogen) atoms. The zero-order chi connectivity index (χ0) is 44.5. The van der Waals surface area contributed by atoms with Gasteiger partial charge in [-0.3, -0.25) is 9.59 Å². The van der Waals surface area contributed by atoms with Gasteiger partial charge in [0.2, 0.25) is 0 Å². The number of hydrogen-bond acceptors (Lipinski definition) is 14. The first-order chi connectivity index (χ1) is 29.9. The molecule has 0 unspecified atom stereocenters. The van der Waals surface area contributed by atoms with Crippen LogP contribution in [0.4, 0.5) is 11.4 Å². The summed E-state index contributed by atoms with van der Waals surface area (Å²) in [7, 11) is 8.20. The van der Waals surface area contributed by atoms with Gasteiger partial charge < -0.3 is 58.7 Å². The summed E-state index contributed by atoms with van der Waals surface area (Å²) < 4.78 is 42.8. The Kier molecular flexibility index (Phi) is 13.3. The van der Waals surface area contributed by atoms with Crippen LogP contribution in [0.1, 0.15) is 41.4 Å². The van der Waals surface area contributed by atoms with E-state index >= 15 is 0 Å². The highest BCUT2D eigenvalue weighted by Gasteiger charge is 2.22. The Balaban J connectivity index is 1.06. The Hall–Kier alpha value is -8.40. The highest BCUT2D eigenvalue weighted by molar-refractivity contribution is 6.08. The molecule has 0 aliphatic rings. The second kappa shape index (κ2) is 19.1. The van der Waals surface area contributed by atoms with Gasteiger partial charge in [-0.1, -0.05) is 24.3 Å². The number of rotatable bonds is 15. The first-order valence-electron chi connectivity index (χ1n) is 18.4. The third kappa shape index (κ3) is 9.55. The van der Waals surface area contributed by atoms with Gasteiger partial charge in [0, 0.05) is 24.3 Å². The smallest absolute Gasteiger partial charge is 0.343 e. The molecule has 6 aromatic carbocycles. The SMILES string of the molecule is COc1cc(C(=O)Nc2ccc(C(=O)Oc3ccc(-c4ccc(OC(=O)c5ccc(NC(=O)c6cc(OC)c(O)cc6OC)c(OC)c5)cc4)cc3)cc2OC)c(OC)cc1O. The number of anilines is 2. The van der Waals surface area contributed by atoms with Gasteiger partial charge in [-0.2, -0.15) is 0 Å². The monoisotopic (exact) mass is 844 g/mol. The Bertz CT molecular complexity index is 2460. The van der Waals surface area contributed by atoms with E-state index in [9.17, 15) is 29.4 Å². The van der Waals surface area contributed by atoms with Crippen LogP contribution in [0.15, 0.2) is 109 Å². The number of phenolic OH excluding ortho intramolecular Hbond substituents is 2. The molecule has 6 aromatic rings. The van der Waals surface area contributed by atoms with Gasteiger partial charge in [0.1, 0.15) is 34.5 Å². The van der Waals surface area contributed by atoms with E-state index in [0.29, 0.717) is 0 Å². The van der Waals surface area contributed by atoms with Crippen molar-refractivity contribution in [1.82, 2.24) is 0 Å². The fourth-order valence-electron chi connectivity index (χ4n) is 6.10. The van der Waals surface area contributed by atoms with Crippen molar-refractivity contribution in [2.45, 2.75) is 0 Å². The Morgan fingerprint density at radius 1 is 0.403 bits per heavy atom. The number of ether oxygens (including phenoxy) is 8. The molecule has 0 atom stereocenters. The molecule has 0 saturated carbocycles. The van der Waals surface area contributed by atoms with Crippen LogP contribution >= 0.6 is 0 Å². The average molecular weight is 845 g/mol. The summed E-state index contributed by atoms with van der Waals surface area (Å²) in [6, 6.07) is 27.5. The van der Waals surface area contributed by atoms with E-state index in [2.05, 4.69) is 10.6 Å². The number of phenols is 2. The number of amides is 2. The molecule has 0 spiro atoms. The first kappa shape index (κ1) is 43.2. The van der Waals surface area contributed by atoms with Crippen LogP contribution in [0.5, 0.6) is 57.5 Å². The summed E-state index contributed by atoms with van der Waals surface area (Å²) in [6.45, 7) is 0. The molecule has 16 nitrogen and oxygen atoms in total. The van der Waals surface area contributed by atoms with Gasteiger partial charge in [0.15, 0.2) is 23.0 Å². The van der Waals surface area contributed by atoms with Gasteiger partial charge in [-0.15, -0.1) is 0 Å². The number of carbonyl (C=O) groups is 4. The zero-order valence-electron chi connectivity index (χ0n) is 34.2. The fraction of sp³-hybridized carbons (Fsp3) is 0.130. The van der Waals surface area contributed by atoms with E-state index in [4.69, 9.17) is 37.9 Å². The number of methoxy groups -OCH3 is 6. The number of aromatic hydroxyl groups is 2. The lowest BCUT2D eigenvalue weighted by Crippen LogP contribution is -2.15. The van der Waals surface area contributed by atoms with Gasteiger partial charge in [-0.05, 0) is 71.8 Å². The van der Waals surface area contributed by atoms with Crippen LogP contribution in [-0.2, 0) is 0 Å². The number of esters is 2. The quantitative estimate of drug-likeness (QED) is 0.0576. The van der Waals surface area contributed by atoms with Crippen molar-refractivity contribution in [3.63, 3.8) is 0 Å².